The van der Waals surface area contributed by atoms with Crippen LogP contribution >= 0.6 is 0 Å². The normalized spacial score (nSPS) is 19.3. The Balaban J connectivity index is 1.73. The van der Waals surface area contributed by atoms with Gasteiger partial charge in [0.1, 0.15) is 12.0 Å². The first-order chi connectivity index (χ1) is 13.3. The van der Waals surface area contributed by atoms with Crippen LogP contribution in [0.1, 0.15) is 22.7 Å². The fourth-order valence-corrected chi connectivity index (χ4v) is 3.97. The first kappa shape index (κ1) is 17.7. The maximum Gasteiger partial charge on any atom is 0.229 e. The maximum absolute atomic E-state index is 5.80. The SMILES string of the molecule is COc1cc2c(cc1OC)C(C(Cc1ccccc1)C1=COCO1)NCC2. The van der Waals surface area contributed by atoms with Gasteiger partial charge in [-0.3, -0.25) is 0 Å². The van der Waals surface area contributed by atoms with Gasteiger partial charge in [-0.1, -0.05) is 30.3 Å². The van der Waals surface area contributed by atoms with Gasteiger partial charge in [-0.05, 0) is 48.2 Å². The van der Waals surface area contributed by atoms with Crippen LogP contribution in [0.4, 0.5) is 0 Å². The quantitative estimate of drug-likeness (QED) is 0.845. The Morgan fingerprint density at radius 3 is 2.59 bits per heavy atom. The molecule has 5 nitrogen and oxygen atoms in total. The van der Waals surface area contributed by atoms with Gasteiger partial charge in [0.25, 0.3) is 0 Å². The average Bonchev–Trinajstić information content (AvgIpc) is 3.26. The van der Waals surface area contributed by atoms with E-state index in [1.807, 2.05) is 6.07 Å². The molecule has 0 aliphatic carbocycles. The van der Waals surface area contributed by atoms with Crippen LogP contribution in [-0.4, -0.2) is 27.6 Å². The van der Waals surface area contributed by atoms with Crippen molar-refractivity contribution in [2.75, 3.05) is 27.6 Å². The number of benzene rings is 2. The monoisotopic (exact) mass is 367 g/mol. The smallest absolute Gasteiger partial charge is 0.229 e. The summed E-state index contributed by atoms with van der Waals surface area (Å²) in [6, 6.07) is 14.8. The van der Waals surface area contributed by atoms with Crippen LogP contribution < -0.4 is 14.8 Å². The van der Waals surface area contributed by atoms with E-state index in [1.165, 1.54) is 16.7 Å². The second-order valence-electron chi connectivity index (χ2n) is 6.83. The van der Waals surface area contributed by atoms with Crippen LogP contribution in [0, 0.1) is 5.92 Å². The molecule has 2 aliphatic heterocycles. The molecule has 0 spiro atoms. The van der Waals surface area contributed by atoms with Gasteiger partial charge in [0.2, 0.25) is 6.79 Å². The van der Waals surface area contributed by atoms with Crippen molar-refractivity contribution in [3.8, 4) is 11.5 Å². The zero-order valence-corrected chi connectivity index (χ0v) is 15.7. The molecule has 4 rings (SSSR count). The lowest BCUT2D eigenvalue weighted by Crippen LogP contribution is -2.36. The summed E-state index contributed by atoms with van der Waals surface area (Å²) in [6.45, 7) is 1.19. The Hall–Kier alpha value is -2.66. The molecule has 0 amide bonds. The average molecular weight is 367 g/mol. The molecule has 142 valence electrons. The fourth-order valence-electron chi connectivity index (χ4n) is 3.97. The molecular weight excluding hydrogens is 342 g/mol. The van der Waals surface area contributed by atoms with Crippen molar-refractivity contribution in [1.82, 2.24) is 5.32 Å². The number of methoxy groups -OCH3 is 2. The molecule has 0 fully saturated rings. The molecule has 2 unspecified atom stereocenters. The Labute approximate surface area is 159 Å². The van der Waals surface area contributed by atoms with Gasteiger partial charge in [-0.2, -0.15) is 0 Å². The lowest BCUT2D eigenvalue weighted by molar-refractivity contribution is 0.0664. The Bertz CT molecular complexity index is 819. The highest BCUT2D eigenvalue weighted by atomic mass is 16.7. The highest BCUT2D eigenvalue weighted by Gasteiger charge is 2.34. The molecule has 0 saturated carbocycles. The second kappa shape index (κ2) is 7.92. The lowest BCUT2D eigenvalue weighted by Gasteiger charge is -2.34. The molecule has 2 atom stereocenters. The van der Waals surface area contributed by atoms with Crippen molar-refractivity contribution in [3.63, 3.8) is 0 Å². The molecule has 2 heterocycles. The van der Waals surface area contributed by atoms with Gasteiger partial charge in [0, 0.05) is 12.0 Å². The number of ether oxygens (including phenoxy) is 4. The zero-order chi connectivity index (χ0) is 18.6. The van der Waals surface area contributed by atoms with E-state index in [0.29, 0.717) is 0 Å². The highest BCUT2D eigenvalue weighted by Crippen LogP contribution is 2.41. The number of hydrogen-bond donors (Lipinski definition) is 1. The van der Waals surface area contributed by atoms with E-state index >= 15 is 0 Å². The van der Waals surface area contributed by atoms with Gasteiger partial charge in [0.15, 0.2) is 11.5 Å². The minimum Gasteiger partial charge on any atom is -0.493 e. The van der Waals surface area contributed by atoms with Gasteiger partial charge < -0.3 is 24.3 Å². The molecule has 0 saturated heterocycles. The third kappa shape index (κ3) is 3.60. The molecule has 0 aromatic heterocycles. The van der Waals surface area contributed by atoms with Crippen LogP contribution in [-0.2, 0) is 22.3 Å². The lowest BCUT2D eigenvalue weighted by atomic mass is 9.82. The van der Waals surface area contributed by atoms with Crippen molar-refractivity contribution in [2.24, 2.45) is 5.92 Å². The Morgan fingerprint density at radius 2 is 1.89 bits per heavy atom. The predicted molar refractivity (Wildman–Crippen MR) is 103 cm³/mol. The summed E-state index contributed by atoms with van der Waals surface area (Å²) in [5.41, 5.74) is 3.79. The summed E-state index contributed by atoms with van der Waals surface area (Å²) in [7, 11) is 3.35. The van der Waals surface area contributed by atoms with Crippen LogP contribution in [0.3, 0.4) is 0 Å². The molecular formula is C22H25NO4. The van der Waals surface area contributed by atoms with Crippen molar-refractivity contribution >= 4 is 0 Å². The summed E-state index contributed by atoms with van der Waals surface area (Å²) >= 11 is 0. The highest BCUT2D eigenvalue weighted by molar-refractivity contribution is 5.50. The summed E-state index contributed by atoms with van der Waals surface area (Å²) < 4.78 is 22.2. The van der Waals surface area contributed by atoms with E-state index in [2.05, 4.69) is 41.7 Å². The van der Waals surface area contributed by atoms with Crippen LogP contribution in [0.2, 0.25) is 0 Å². The molecule has 0 radical (unpaired) electrons. The fraction of sp³-hybridized carbons (Fsp3) is 0.364. The topological polar surface area (TPSA) is 49.0 Å². The maximum atomic E-state index is 5.80. The van der Waals surface area contributed by atoms with Crippen molar-refractivity contribution in [2.45, 2.75) is 18.9 Å². The number of rotatable bonds is 6. The van der Waals surface area contributed by atoms with Crippen molar-refractivity contribution < 1.29 is 18.9 Å². The second-order valence-corrected chi connectivity index (χ2v) is 6.83. The van der Waals surface area contributed by atoms with Gasteiger partial charge in [0.05, 0.1) is 14.2 Å². The zero-order valence-electron chi connectivity index (χ0n) is 15.7. The third-order valence-corrected chi connectivity index (χ3v) is 5.30. The van der Waals surface area contributed by atoms with Crippen molar-refractivity contribution in [1.29, 1.82) is 0 Å². The molecule has 5 heteroatoms. The standard InChI is InChI=1S/C22H25NO4/c1-24-19-11-16-8-9-23-22(17(16)12-20(19)25-2)18(21-13-26-14-27-21)10-15-6-4-3-5-7-15/h3-7,11-13,18,22-23H,8-10,14H2,1-2H3. The van der Waals surface area contributed by atoms with Crippen molar-refractivity contribution in [3.05, 3.63) is 71.2 Å². The Morgan fingerprint density at radius 1 is 1.11 bits per heavy atom. The van der Waals surface area contributed by atoms with E-state index in [4.69, 9.17) is 18.9 Å². The van der Waals surface area contributed by atoms with E-state index in [1.54, 1.807) is 20.5 Å². The Kier molecular flexibility index (Phi) is 5.21. The molecule has 0 bridgehead atoms. The van der Waals surface area contributed by atoms with Gasteiger partial charge in [-0.15, -0.1) is 0 Å². The summed E-state index contributed by atoms with van der Waals surface area (Å²) in [6.07, 6.45) is 3.58. The largest absolute Gasteiger partial charge is 0.493 e. The number of hydrogen-bond acceptors (Lipinski definition) is 5. The van der Waals surface area contributed by atoms with Crippen LogP contribution in [0.25, 0.3) is 0 Å². The summed E-state index contributed by atoms with van der Waals surface area (Å²) in [4.78, 5) is 0. The number of nitrogens with one attached hydrogen (secondary N) is 1. The first-order valence-electron chi connectivity index (χ1n) is 9.26. The summed E-state index contributed by atoms with van der Waals surface area (Å²) in [5, 5.41) is 3.69. The van der Waals surface area contributed by atoms with E-state index in [-0.39, 0.29) is 18.8 Å². The molecule has 2 aliphatic rings. The molecule has 1 N–H and O–H groups in total. The van der Waals surface area contributed by atoms with E-state index < -0.39 is 0 Å². The molecule has 2 aromatic rings. The predicted octanol–water partition coefficient (Wildman–Crippen LogP) is 3.60. The minimum absolute atomic E-state index is 0.113. The van der Waals surface area contributed by atoms with Crippen LogP contribution in [0.5, 0.6) is 11.5 Å². The van der Waals surface area contributed by atoms with E-state index in [0.717, 1.165) is 36.6 Å². The molecule has 27 heavy (non-hydrogen) atoms. The third-order valence-electron chi connectivity index (χ3n) is 5.30. The first-order valence-corrected chi connectivity index (χ1v) is 9.26. The van der Waals surface area contributed by atoms with E-state index in [9.17, 15) is 0 Å². The van der Waals surface area contributed by atoms with Gasteiger partial charge >= 0.3 is 0 Å². The number of fused-ring (bicyclic) bond motifs is 1. The summed E-state index contributed by atoms with van der Waals surface area (Å²) in [5.74, 6) is 2.54. The molecule has 2 aromatic carbocycles. The minimum atomic E-state index is 0.113. The van der Waals surface area contributed by atoms with Gasteiger partial charge in [-0.25, -0.2) is 0 Å². The van der Waals surface area contributed by atoms with Crippen LogP contribution in [0.15, 0.2) is 54.5 Å².